The van der Waals surface area contributed by atoms with Crippen molar-refractivity contribution in [1.82, 2.24) is 15.1 Å². The summed E-state index contributed by atoms with van der Waals surface area (Å²) in [5.74, 6) is -0.00716. The second-order valence-corrected chi connectivity index (χ2v) is 4.13. The van der Waals surface area contributed by atoms with Gasteiger partial charge in [-0.05, 0) is 27.2 Å². The summed E-state index contributed by atoms with van der Waals surface area (Å²) in [4.78, 5) is 11.8. The monoisotopic (exact) mass is 243 g/mol. The van der Waals surface area contributed by atoms with Gasteiger partial charge in [-0.25, -0.2) is 0 Å². The fourth-order valence-electron chi connectivity index (χ4n) is 1.71. The first-order valence-electron chi connectivity index (χ1n) is 5.51. The average Bonchev–Trinajstić information content (AvgIpc) is 2.48. The number of carbonyl (C=O) groups is 1. The number of nitrogens with zero attached hydrogens (tertiary/aromatic N) is 2. The molecule has 1 unspecified atom stereocenters. The fourth-order valence-corrected chi connectivity index (χ4v) is 1.83. The van der Waals surface area contributed by atoms with Gasteiger partial charge in [0, 0.05) is 6.54 Å². The third-order valence-electron chi connectivity index (χ3n) is 2.57. The lowest BCUT2D eigenvalue weighted by molar-refractivity contribution is -0.124. The number of likely N-dealkylation sites (N-methyl/N-ethyl adjacent to an activating group) is 1. The molecular formula is C11H18ClN3O. The zero-order valence-corrected chi connectivity index (χ0v) is 10.9. The van der Waals surface area contributed by atoms with Crippen molar-refractivity contribution in [2.45, 2.75) is 40.2 Å². The van der Waals surface area contributed by atoms with Crippen LogP contribution in [0.2, 0.25) is 5.02 Å². The first kappa shape index (κ1) is 13.0. The highest BCUT2D eigenvalue weighted by molar-refractivity contribution is 6.31. The Hall–Kier alpha value is -1.03. The van der Waals surface area contributed by atoms with E-state index in [1.54, 1.807) is 4.68 Å². The van der Waals surface area contributed by atoms with Gasteiger partial charge in [0.1, 0.15) is 6.04 Å². The molecule has 1 aromatic rings. The summed E-state index contributed by atoms with van der Waals surface area (Å²) in [5.41, 5.74) is 1.61. The van der Waals surface area contributed by atoms with Gasteiger partial charge in [0.15, 0.2) is 0 Å². The molecule has 0 aromatic carbocycles. The summed E-state index contributed by atoms with van der Waals surface area (Å²) < 4.78 is 1.71. The van der Waals surface area contributed by atoms with Crippen molar-refractivity contribution in [2.75, 3.05) is 6.54 Å². The van der Waals surface area contributed by atoms with Gasteiger partial charge in [0.05, 0.1) is 16.4 Å². The lowest BCUT2D eigenvalue weighted by Crippen LogP contribution is -2.33. The zero-order valence-electron chi connectivity index (χ0n) is 10.2. The van der Waals surface area contributed by atoms with E-state index in [9.17, 15) is 4.79 Å². The fraction of sp³-hybridized carbons (Fsp3) is 0.636. The predicted octanol–water partition coefficient (Wildman–Crippen LogP) is 2.24. The van der Waals surface area contributed by atoms with Crippen LogP contribution in [0.1, 0.15) is 37.7 Å². The molecule has 0 saturated carbocycles. The van der Waals surface area contributed by atoms with Gasteiger partial charge in [-0.3, -0.25) is 9.48 Å². The van der Waals surface area contributed by atoms with E-state index >= 15 is 0 Å². The smallest absolute Gasteiger partial charge is 0.244 e. The van der Waals surface area contributed by atoms with Crippen LogP contribution >= 0.6 is 11.6 Å². The number of amides is 1. The van der Waals surface area contributed by atoms with Gasteiger partial charge in [-0.2, -0.15) is 5.10 Å². The molecule has 0 aliphatic heterocycles. The minimum absolute atomic E-state index is 0.00716. The molecule has 5 heteroatoms. The van der Waals surface area contributed by atoms with Crippen LogP contribution in [0.25, 0.3) is 0 Å². The Kier molecular flexibility index (Phi) is 4.35. The highest BCUT2D eigenvalue weighted by Gasteiger charge is 2.22. The third kappa shape index (κ3) is 2.38. The maximum atomic E-state index is 11.8. The number of halogens is 1. The Morgan fingerprint density at radius 2 is 2.12 bits per heavy atom. The molecule has 90 valence electrons. The van der Waals surface area contributed by atoms with E-state index in [4.69, 9.17) is 11.6 Å². The van der Waals surface area contributed by atoms with Crippen molar-refractivity contribution >= 4 is 17.5 Å². The molecule has 4 nitrogen and oxygen atoms in total. The Bertz CT molecular complexity index is 387. The van der Waals surface area contributed by atoms with Gasteiger partial charge in [0.25, 0.3) is 0 Å². The van der Waals surface area contributed by atoms with Crippen molar-refractivity contribution in [1.29, 1.82) is 0 Å². The molecule has 0 fully saturated rings. The minimum atomic E-state index is -0.272. The van der Waals surface area contributed by atoms with Crippen LogP contribution in [-0.4, -0.2) is 22.2 Å². The second kappa shape index (κ2) is 5.34. The van der Waals surface area contributed by atoms with E-state index in [0.717, 1.165) is 11.4 Å². The molecule has 1 N–H and O–H groups in total. The molecule has 0 saturated heterocycles. The molecule has 1 atom stereocenters. The number of aryl methyl sites for hydroxylation is 1. The quantitative estimate of drug-likeness (QED) is 0.882. The Morgan fingerprint density at radius 3 is 2.50 bits per heavy atom. The first-order valence-corrected chi connectivity index (χ1v) is 5.89. The average molecular weight is 244 g/mol. The van der Waals surface area contributed by atoms with E-state index in [1.807, 2.05) is 27.7 Å². The van der Waals surface area contributed by atoms with Crippen LogP contribution in [0.4, 0.5) is 0 Å². The number of rotatable bonds is 4. The molecule has 0 spiro atoms. The van der Waals surface area contributed by atoms with Crippen LogP contribution in [0.15, 0.2) is 0 Å². The van der Waals surface area contributed by atoms with Crippen LogP contribution in [0.3, 0.4) is 0 Å². The van der Waals surface area contributed by atoms with Crippen molar-refractivity contribution in [3.05, 3.63) is 16.4 Å². The normalized spacial score (nSPS) is 12.6. The molecule has 1 rings (SSSR count). The van der Waals surface area contributed by atoms with Crippen molar-refractivity contribution in [3.8, 4) is 0 Å². The minimum Gasteiger partial charge on any atom is -0.355 e. The number of hydrogen-bond acceptors (Lipinski definition) is 2. The van der Waals surface area contributed by atoms with E-state index in [0.29, 0.717) is 18.0 Å². The lowest BCUT2D eigenvalue weighted by Gasteiger charge is -2.16. The molecule has 1 heterocycles. The van der Waals surface area contributed by atoms with Crippen LogP contribution in [-0.2, 0) is 4.79 Å². The van der Waals surface area contributed by atoms with Crippen LogP contribution < -0.4 is 5.32 Å². The summed E-state index contributed by atoms with van der Waals surface area (Å²) in [7, 11) is 0. The number of hydrogen-bond donors (Lipinski definition) is 1. The standard InChI is InChI=1S/C11H18ClN3O/c1-5-9(11(16)13-6-2)15-8(4)10(12)7(3)14-15/h9H,5-6H2,1-4H3,(H,13,16). The number of aromatic nitrogens is 2. The van der Waals surface area contributed by atoms with Crippen LogP contribution in [0.5, 0.6) is 0 Å². The van der Waals surface area contributed by atoms with Gasteiger partial charge in [-0.1, -0.05) is 18.5 Å². The van der Waals surface area contributed by atoms with Crippen LogP contribution in [0, 0.1) is 13.8 Å². The molecule has 1 aromatic heterocycles. The number of carbonyl (C=O) groups excluding carboxylic acids is 1. The van der Waals surface area contributed by atoms with E-state index in [1.165, 1.54) is 0 Å². The summed E-state index contributed by atoms with van der Waals surface area (Å²) in [5, 5.41) is 7.76. The van der Waals surface area contributed by atoms with E-state index in [-0.39, 0.29) is 11.9 Å². The van der Waals surface area contributed by atoms with Gasteiger partial charge in [-0.15, -0.1) is 0 Å². The van der Waals surface area contributed by atoms with Crippen molar-refractivity contribution in [3.63, 3.8) is 0 Å². The largest absolute Gasteiger partial charge is 0.355 e. The topological polar surface area (TPSA) is 46.9 Å². The summed E-state index contributed by atoms with van der Waals surface area (Å²) in [6.07, 6.45) is 0.699. The Labute approximate surface area is 101 Å². The summed E-state index contributed by atoms with van der Waals surface area (Å²) in [6.45, 7) is 8.21. The molecule has 16 heavy (non-hydrogen) atoms. The SMILES string of the molecule is CCNC(=O)C(CC)n1nc(C)c(Cl)c1C. The molecule has 0 aliphatic carbocycles. The number of nitrogens with one attached hydrogen (secondary N) is 1. The first-order chi connectivity index (χ1) is 7.52. The van der Waals surface area contributed by atoms with Crippen molar-refractivity contribution in [2.24, 2.45) is 0 Å². The highest BCUT2D eigenvalue weighted by Crippen LogP contribution is 2.23. The maximum absolute atomic E-state index is 11.8. The summed E-state index contributed by atoms with van der Waals surface area (Å²) >= 11 is 6.07. The lowest BCUT2D eigenvalue weighted by atomic mass is 10.2. The van der Waals surface area contributed by atoms with Gasteiger partial charge < -0.3 is 5.32 Å². The van der Waals surface area contributed by atoms with Gasteiger partial charge >= 0.3 is 0 Å². The molecular weight excluding hydrogens is 226 g/mol. The summed E-state index contributed by atoms with van der Waals surface area (Å²) in [6, 6.07) is -0.272. The molecule has 1 amide bonds. The molecule has 0 aliphatic rings. The highest BCUT2D eigenvalue weighted by atomic mass is 35.5. The molecule has 0 radical (unpaired) electrons. The van der Waals surface area contributed by atoms with E-state index in [2.05, 4.69) is 10.4 Å². The predicted molar refractivity (Wildman–Crippen MR) is 64.7 cm³/mol. The third-order valence-corrected chi connectivity index (χ3v) is 3.12. The van der Waals surface area contributed by atoms with E-state index < -0.39 is 0 Å². The Balaban J connectivity index is 3.04. The van der Waals surface area contributed by atoms with Crippen molar-refractivity contribution < 1.29 is 4.79 Å². The Morgan fingerprint density at radius 1 is 1.50 bits per heavy atom. The van der Waals surface area contributed by atoms with Gasteiger partial charge in [0.2, 0.25) is 5.91 Å². The molecule has 0 bridgehead atoms. The maximum Gasteiger partial charge on any atom is 0.244 e. The zero-order chi connectivity index (χ0) is 12.3. The second-order valence-electron chi connectivity index (χ2n) is 3.75.